The Morgan fingerprint density at radius 1 is 1.56 bits per heavy atom. The van der Waals surface area contributed by atoms with Gasteiger partial charge in [-0.2, -0.15) is 0 Å². The average Bonchev–Trinajstić information content (AvgIpc) is 2.23. The van der Waals surface area contributed by atoms with E-state index < -0.39 is 0 Å². The summed E-state index contributed by atoms with van der Waals surface area (Å²) < 4.78 is 5.87. The standard InChI is InChI=1S/C11H13BrClNO2/c1-2-16-6-5-11(15)14-10-4-3-8(13)7-9(10)12/h3-4,7H,2,5-6H2,1H3,(H,14,15). The van der Waals surface area contributed by atoms with Crippen molar-refractivity contribution in [2.45, 2.75) is 13.3 Å². The molecule has 0 heterocycles. The van der Waals surface area contributed by atoms with E-state index in [1.807, 2.05) is 6.92 Å². The van der Waals surface area contributed by atoms with E-state index in [0.717, 1.165) is 4.47 Å². The molecule has 0 fully saturated rings. The Morgan fingerprint density at radius 3 is 2.94 bits per heavy atom. The molecular weight excluding hydrogens is 293 g/mol. The summed E-state index contributed by atoms with van der Waals surface area (Å²) in [7, 11) is 0. The summed E-state index contributed by atoms with van der Waals surface area (Å²) in [4.78, 5) is 11.5. The lowest BCUT2D eigenvalue weighted by molar-refractivity contribution is -0.117. The molecule has 0 unspecified atom stereocenters. The van der Waals surface area contributed by atoms with E-state index in [-0.39, 0.29) is 5.91 Å². The lowest BCUT2D eigenvalue weighted by Gasteiger charge is -2.07. The minimum Gasteiger partial charge on any atom is -0.381 e. The van der Waals surface area contributed by atoms with Crippen LogP contribution in [0.4, 0.5) is 5.69 Å². The van der Waals surface area contributed by atoms with E-state index >= 15 is 0 Å². The molecule has 1 amide bonds. The second-order valence-electron chi connectivity index (χ2n) is 3.12. The fourth-order valence-corrected chi connectivity index (χ4v) is 1.89. The predicted octanol–water partition coefficient (Wildman–Crippen LogP) is 3.47. The fourth-order valence-electron chi connectivity index (χ4n) is 1.11. The van der Waals surface area contributed by atoms with Crippen LogP contribution in [0.2, 0.25) is 5.02 Å². The summed E-state index contributed by atoms with van der Waals surface area (Å²) in [5, 5.41) is 3.40. The molecule has 1 N–H and O–H groups in total. The third kappa shape index (κ3) is 4.51. The molecule has 16 heavy (non-hydrogen) atoms. The van der Waals surface area contributed by atoms with Crippen LogP contribution in [0.3, 0.4) is 0 Å². The zero-order chi connectivity index (χ0) is 12.0. The summed E-state index contributed by atoms with van der Waals surface area (Å²) in [6.07, 6.45) is 0.350. The maximum absolute atomic E-state index is 11.5. The third-order valence-electron chi connectivity index (χ3n) is 1.88. The van der Waals surface area contributed by atoms with Crippen molar-refractivity contribution in [2.24, 2.45) is 0 Å². The van der Waals surface area contributed by atoms with Gasteiger partial charge in [-0.15, -0.1) is 0 Å². The molecule has 0 aromatic heterocycles. The van der Waals surface area contributed by atoms with Gasteiger partial charge in [0.25, 0.3) is 0 Å². The van der Waals surface area contributed by atoms with Crippen molar-refractivity contribution in [3.8, 4) is 0 Å². The van der Waals surface area contributed by atoms with Crippen molar-refractivity contribution in [1.82, 2.24) is 0 Å². The number of hydrogen-bond donors (Lipinski definition) is 1. The Hall–Kier alpha value is -0.580. The number of ether oxygens (including phenoxy) is 1. The van der Waals surface area contributed by atoms with Gasteiger partial charge in [0.05, 0.1) is 18.7 Å². The van der Waals surface area contributed by atoms with E-state index in [4.69, 9.17) is 16.3 Å². The Kier molecular flexibility index (Phi) is 5.80. The first-order chi connectivity index (χ1) is 7.63. The summed E-state index contributed by atoms with van der Waals surface area (Å²) in [6.45, 7) is 2.96. The lowest BCUT2D eigenvalue weighted by Crippen LogP contribution is -2.14. The van der Waals surface area contributed by atoms with Gasteiger partial charge in [-0.05, 0) is 41.1 Å². The molecule has 1 rings (SSSR count). The van der Waals surface area contributed by atoms with Gasteiger partial charge < -0.3 is 10.1 Å². The van der Waals surface area contributed by atoms with Crippen LogP contribution in [-0.2, 0) is 9.53 Å². The van der Waals surface area contributed by atoms with E-state index in [1.165, 1.54) is 0 Å². The number of amides is 1. The second-order valence-corrected chi connectivity index (χ2v) is 4.41. The molecular formula is C11H13BrClNO2. The fraction of sp³-hybridized carbons (Fsp3) is 0.364. The monoisotopic (exact) mass is 305 g/mol. The van der Waals surface area contributed by atoms with Crippen LogP contribution in [0, 0.1) is 0 Å². The van der Waals surface area contributed by atoms with Crippen LogP contribution in [0.1, 0.15) is 13.3 Å². The van der Waals surface area contributed by atoms with Crippen LogP contribution in [0.15, 0.2) is 22.7 Å². The van der Waals surface area contributed by atoms with E-state index in [0.29, 0.717) is 30.3 Å². The van der Waals surface area contributed by atoms with Crippen molar-refractivity contribution < 1.29 is 9.53 Å². The molecule has 88 valence electrons. The molecule has 0 aliphatic carbocycles. The summed E-state index contributed by atoms with van der Waals surface area (Å²) in [5.41, 5.74) is 0.714. The molecule has 0 saturated carbocycles. The summed E-state index contributed by atoms with van der Waals surface area (Å²) >= 11 is 9.12. The van der Waals surface area contributed by atoms with Crippen LogP contribution in [0.25, 0.3) is 0 Å². The lowest BCUT2D eigenvalue weighted by atomic mass is 10.3. The molecule has 3 nitrogen and oxygen atoms in total. The van der Waals surface area contributed by atoms with E-state index in [1.54, 1.807) is 18.2 Å². The van der Waals surface area contributed by atoms with Crippen LogP contribution in [-0.4, -0.2) is 19.1 Å². The number of hydrogen-bond acceptors (Lipinski definition) is 2. The van der Waals surface area contributed by atoms with Crippen molar-refractivity contribution >= 4 is 39.1 Å². The molecule has 1 aromatic rings. The summed E-state index contributed by atoms with van der Waals surface area (Å²) in [5.74, 6) is -0.0727. The topological polar surface area (TPSA) is 38.3 Å². The van der Waals surface area contributed by atoms with Crippen molar-refractivity contribution in [1.29, 1.82) is 0 Å². The van der Waals surface area contributed by atoms with Gasteiger partial charge in [-0.25, -0.2) is 0 Å². The average molecular weight is 307 g/mol. The first-order valence-corrected chi connectivity index (χ1v) is 6.13. The molecule has 0 saturated heterocycles. The molecule has 0 radical (unpaired) electrons. The molecule has 0 bridgehead atoms. The van der Waals surface area contributed by atoms with Crippen molar-refractivity contribution in [3.63, 3.8) is 0 Å². The van der Waals surface area contributed by atoms with Crippen molar-refractivity contribution in [3.05, 3.63) is 27.7 Å². The predicted molar refractivity (Wildman–Crippen MR) is 68.9 cm³/mol. The van der Waals surface area contributed by atoms with Crippen LogP contribution in [0.5, 0.6) is 0 Å². The maximum Gasteiger partial charge on any atom is 0.226 e. The molecule has 1 aromatic carbocycles. The van der Waals surface area contributed by atoms with Gasteiger partial charge in [-0.1, -0.05) is 11.6 Å². The number of anilines is 1. The molecule has 0 atom stereocenters. The van der Waals surface area contributed by atoms with Gasteiger partial charge >= 0.3 is 0 Å². The number of nitrogens with one attached hydrogen (secondary N) is 1. The number of carbonyl (C=O) groups excluding carboxylic acids is 1. The number of carbonyl (C=O) groups is 1. The Labute approximate surface area is 108 Å². The zero-order valence-corrected chi connectivity index (χ0v) is 11.3. The largest absolute Gasteiger partial charge is 0.381 e. The Balaban J connectivity index is 2.49. The number of benzene rings is 1. The van der Waals surface area contributed by atoms with Crippen LogP contribution >= 0.6 is 27.5 Å². The highest BCUT2D eigenvalue weighted by Crippen LogP contribution is 2.25. The highest BCUT2D eigenvalue weighted by Gasteiger charge is 2.05. The van der Waals surface area contributed by atoms with Gasteiger partial charge in [0.15, 0.2) is 0 Å². The van der Waals surface area contributed by atoms with Crippen LogP contribution < -0.4 is 5.32 Å². The smallest absolute Gasteiger partial charge is 0.226 e. The first-order valence-electron chi connectivity index (χ1n) is 4.96. The minimum absolute atomic E-state index is 0.0727. The SMILES string of the molecule is CCOCCC(=O)Nc1ccc(Cl)cc1Br. The molecule has 0 aliphatic heterocycles. The first kappa shape index (κ1) is 13.5. The molecule has 0 spiro atoms. The quantitative estimate of drug-likeness (QED) is 0.846. The van der Waals surface area contributed by atoms with Gasteiger partial charge in [0, 0.05) is 16.1 Å². The van der Waals surface area contributed by atoms with Gasteiger partial charge in [-0.3, -0.25) is 4.79 Å². The van der Waals surface area contributed by atoms with Gasteiger partial charge in [0.2, 0.25) is 5.91 Å². The van der Waals surface area contributed by atoms with Crippen molar-refractivity contribution in [2.75, 3.05) is 18.5 Å². The van der Waals surface area contributed by atoms with E-state index in [2.05, 4.69) is 21.2 Å². The Bertz CT molecular complexity index is 371. The summed E-state index contributed by atoms with van der Waals surface area (Å²) in [6, 6.07) is 5.22. The molecule has 5 heteroatoms. The third-order valence-corrected chi connectivity index (χ3v) is 2.77. The number of halogens is 2. The number of rotatable bonds is 5. The van der Waals surface area contributed by atoms with E-state index in [9.17, 15) is 4.79 Å². The zero-order valence-electron chi connectivity index (χ0n) is 8.93. The molecule has 0 aliphatic rings. The van der Waals surface area contributed by atoms with Gasteiger partial charge in [0.1, 0.15) is 0 Å². The second kappa shape index (κ2) is 6.89. The highest BCUT2D eigenvalue weighted by atomic mass is 79.9. The maximum atomic E-state index is 11.5. The normalized spacial score (nSPS) is 10.2. The Morgan fingerprint density at radius 2 is 2.31 bits per heavy atom. The highest BCUT2D eigenvalue weighted by molar-refractivity contribution is 9.10. The minimum atomic E-state index is -0.0727.